The van der Waals surface area contributed by atoms with E-state index in [1.165, 1.54) is 39.0 Å². The predicted molar refractivity (Wildman–Crippen MR) is 187 cm³/mol. The van der Waals surface area contributed by atoms with E-state index in [0.717, 1.165) is 31.3 Å². The molecule has 0 spiro atoms. The van der Waals surface area contributed by atoms with Crippen LogP contribution in [0.15, 0.2) is 154 Å². The molecule has 1 heteroatoms. The fourth-order valence-corrected chi connectivity index (χ4v) is 3.43. The number of rotatable bonds is 17. The van der Waals surface area contributed by atoms with Gasteiger partial charge in [0.2, 0.25) is 0 Å². The quantitative estimate of drug-likeness (QED) is 0.140. The van der Waals surface area contributed by atoms with Crippen LogP contribution in [-0.4, -0.2) is 11.7 Å². The van der Waals surface area contributed by atoms with E-state index in [-0.39, 0.29) is 6.61 Å². The zero-order valence-electron chi connectivity index (χ0n) is 27.4. The number of hydrogen-bond donors (Lipinski definition) is 1. The van der Waals surface area contributed by atoms with Gasteiger partial charge in [-0.05, 0) is 88.0 Å². The monoisotopic (exact) mass is 552 g/mol. The molecule has 0 saturated carbocycles. The Morgan fingerprint density at radius 2 is 0.756 bits per heavy atom. The highest BCUT2D eigenvalue weighted by atomic mass is 16.3. The van der Waals surface area contributed by atoms with Gasteiger partial charge in [0, 0.05) is 0 Å². The Hall–Kier alpha value is -3.42. The average molecular weight is 553 g/mol. The minimum Gasteiger partial charge on any atom is -0.392 e. The molecule has 0 bridgehead atoms. The number of hydrogen-bond acceptors (Lipinski definition) is 1. The van der Waals surface area contributed by atoms with Gasteiger partial charge < -0.3 is 5.11 Å². The standard InChI is InChI=1S/C40H56O/c1-33(2)18-12-21-36(5)24-15-27-37(6)25-13-22-34(3)19-10-11-20-35(4)23-14-26-38(7)28-16-29-39(8)30-17-31-40(9)32-41/h10-11,13-16,18-20,22-29,31,41H,12,17,21,30,32H2,1-9H3. The average Bonchev–Trinajstić information content (AvgIpc) is 2.90. The van der Waals surface area contributed by atoms with E-state index in [9.17, 15) is 0 Å². The molecule has 41 heavy (non-hydrogen) atoms. The zero-order valence-corrected chi connectivity index (χ0v) is 27.4. The minimum atomic E-state index is 0.145. The third-order valence-electron chi connectivity index (χ3n) is 6.12. The van der Waals surface area contributed by atoms with Gasteiger partial charge in [-0.25, -0.2) is 0 Å². The molecule has 222 valence electrons. The summed E-state index contributed by atoms with van der Waals surface area (Å²) in [4.78, 5) is 0. The van der Waals surface area contributed by atoms with Crippen LogP contribution in [0.4, 0.5) is 0 Å². The maximum Gasteiger partial charge on any atom is 0.0639 e. The number of allylic oxidation sites excluding steroid dienone is 25. The van der Waals surface area contributed by atoms with Crippen molar-refractivity contribution in [3.63, 3.8) is 0 Å². The number of aliphatic hydroxyl groups excluding tert-OH is 1. The van der Waals surface area contributed by atoms with Crippen LogP contribution < -0.4 is 0 Å². The van der Waals surface area contributed by atoms with Crippen LogP contribution in [0, 0.1) is 0 Å². The molecule has 0 heterocycles. The van der Waals surface area contributed by atoms with Gasteiger partial charge >= 0.3 is 0 Å². The highest BCUT2D eigenvalue weighted by Gasteiger charge is 1.90. The highest BCUT2D eigenvalue weighted by molar-refractivity contribution is 5.32. The van der Waals surface area contributed by atoms with Crippen LogP contribution in [0.25, 0.3) is 0 Å². The first-order chi connectivity index (χ1) is 19.5. The maximum atomic E-state index is 9.05. The molecule has 1 nitrogen and oxygen atoms in total. The summed E-state index contributed by atoms with van der Waals surface area (Å²) in [6.07, 6.45) is 42.6. The lowest BCUT2D eigenvalue weighted by Gasteiger charge is -1.98. The topological polar surface area (TPSA) is 20.2 Å². The Bertz CT molecular complexity index is 1170. The third kappa shape index (κ3) is 25.3. The minimum absolute atomic E-state index is 0.145. The first kappa shape index (κ1) is 37.6. The van der Waals surface area contributed by atoms with Crippen LogP contribution in [0.3, 0.4) is 0 Å². The van der Waals surface area contributed by atoms with Crippen LogP contribution in [0.2, 0.25) is 0 Å². The summed E-state index contributed by atoms with van der Waals surface area (Å²) >= 11 is 0. The van der Waals surface area contributed by atoms with Gasteiger partial charge in [-0.1, -0.05) is 154 Å². The summed E-state index contributed by atoms with van der Waals surface area (Å²) in [5, 5.41) is 9.05. The Morgan fingerprint density at radius 1 is 0.415 bits per heavy atom. The van der Waals surface area contributed by atoms with E-state index in [1.807, 2.05) is 6.92 Å². The van der Waals surface area contributed by atoms with Crippen LogP contribution in [0.1, 0.15) is 88.0 Å². The van der Waals surface area contributed by atoms with Crippen molar-refractivity contribution in [2.24, 2.45) is 0 Å². The van der Waals surface area contributed by atoms with Gasteiger partial charge in [0.25, 0.3) is 0 Å². The molecule has 0 aliphatic carbocycles. The molecule has 0 aromatic heterocycles. The van der Waals surface area contributed by atoms with Crippen molar-refractivity contribution >= 4 is 0 Å². The summed E-state index contributed by atoms with van der Waals surface area (Å²) in [7, 11) is 0. The highest BCUT2D eigenvalue weighted by Crippen LogP contribution is 2.09. The van der Waals surface area contributed by atoms with Gasteiger partial charge in [0.15, 0.2) is 0 Å². The largest absolute Gasteiger partial charge is 0.392 e. The molecule has 0 unspecified atom stereocenters. The van der Waals surface area contributed by atoms with Crippen molar-refractivity contribution in [3.05, 3.63) is 154 Å². The van der Waals surface area contributed by atoms with Gasteiger partial charge in [-0.15, -0.1) is 0 Å². The maximum absolute atomic E-state index is 9.05. The lowest BCUT2D eigenvalue weighted by molar-refractivity contribution is 0.331. The third-order valence-corrected chi connectivity index (χ3v) is 6.12. The molecule has 0 atom stereocenters. The predicted octanol–water partition coefficient (Wildman–Crippen LogP) is 11.9. The van der Waals surface area contributed by atoms with Gasteiger partial charge in [0.05, 0.1) is 6.61 Å². The molecule has 0 aromatic rings. The molecule has 0 radical (unpaired) electrons. The fraction of sp³-hybridized carbons (Fsp3) is 0.350. The van der Waals surface area contributed by atoms with E-state index in [1.54, 1.807) is 0 Å². The molecule has 0 fully saturated rings. The normalized spacial score (nSPS) is 15.6. The second-order valence-electron chi connectivity index (χ2n) is 11.1. The molecular weight excluding hydrogens is 496 g/mol. The van der Waals surface area contributed by atoms with Crippen molar-refractivity contribution in [1.82, 2.24) is 0 Å². The van der Waals surface area contributed by atoms with E-state index in [0.29, 0.717) is 0 Å². The van der Waals surface area contributed by atoms with E-state index in [4.69, 9.17) is 5.11 Å². The summed E-state index contributed by atoms with van der Waals surface area (Å²) in [5.41, 5.74) is 9.99. The lowest BCUT2D eigenvalue weighted by atomic mass is 10.1. The Morgan fingerprint density at radius 3 is 1.12 bits per heavy atom. The lowest BCUT2D eigenvalue weighted by Crippen LogP contribution is -1.84. The van der Waals surface area contributed by atoms with Crippen LogP contribution >= 0.6 is 0 Å². The molecule has 0 aliphatic heterocycles. The molecule has 0 rings (SSSR count). The Kier molecular flexibility index (Phi) is 22.3. The first-order valence-corrected chi connectivity index (χ1v) is 14.8. The second-order valence-corrected chi connectivity index (χ2v) is 11.1. The summed E-state index contributed by atoms with van der Waals surface area (Å²) in [5.74, 6) is 0. The van der Waals surface area contributed by atoms with Gasteiger partial charge in [-0.2, -0.15) is 0 Å². The van der Waals surface area contributed by atoms with Crippen LogP contribution in [-0.2, 0) is 0 Å². The van der Waals surface area contributed by atoms with Crippen molar-refractivity contribution in [3.8, 4) is 0 Å². The van der Waals surface area contributed by atoms with Crippen molar-refractivity contribution in [1.29, 1.82) is 0 Å². The van der Waals surface area contributed by atoms with Crippen LogP contribution in [0.5, 0.6) is 0 Å². The summed E-state index contributed by atoms with van der Waals surface area (Å²) in [6.45, 7) is 19.2. The molecule has 0 aliphatic rings. The van der Waals surface area contributed by atoms with Crippen molar-refractivity contribution < 1.29 is 5.11 Å². The van der Waals surface area contributed by atoms with Gasteiger partial charge in [0.1, 0.15) is 0 Å². The SMILES string of the molecule is CC(C)=CCCC(C)=CC=CC(C)=CC=CC(C)=CC=CC=C(C)C=CC=C(C)C=CC=C(C)CCC=C(C)CO. The molecule has 0 saturated heterocycles. The van der Waals surface area contributed by atoms with E-state index >= 15 is 0 Å². The fourth-order valence-electron chi connectivity index (χ4n) is 3.43. The first-order valence-electron chi connectivity index (χ1n) is 14.8. The molecule has 0 aromatic carbocycles. The smallest absolute Gasteiger partial charge is 0.0639 e. The van der Waals surface area contributed by atoms with Gasteiger partial charge in [-0.3, -0.25) is 0 Å². The van der Waals surface area contributed by atoms with Crippen molar-refractivity contribution in [2.45, 2.75) is 88.0 Å². The second kappa shape index (κ2) is 24.4. The Balaban J connectivity index is 4.70. The molecular formula is C40H56O. The van der Waals surface area contributed by atoms with E-state index < -0.39 is 0 Å². The van der Waals surface area contributed by atoms with E-state index in [2.05, 4.69) is 165 Å². The molecule has 1 N–H and O–H groups in total. The zero-order chi connectivity index (χ0) is 30.9. The summed E-state index contributed by atoms with van der Waals surface area (Å²) < 4.78 is 0. The van der Waals surface area contributed by atoms with Crippen molar-refractivity contribution in [2.75, 3.05) is 6.61 Å². The Labute approximate surface area is 253 Å². The molecule has 0 amide bonds. The number of aliphatic hydroxyl groups is 1. The summed E-state index contributed by atoms with van der Waals surface area (Å²) in [6, 6.07) is 0.